The first-order chi connectivity index (χ1) is 17.6. The number of aromatic nitrogens is 1. The van der Waals surface area contributed by atoms with Crippen LogP contribution in [0.15, 0.2) is 78.9 Å². The van der Waals surface area contributed by atoms with Gasteiger partial charge in [-0.15, -0.1) is 0 Å². The first kappa shape index (κ1) is 25.0. The molecule has 0 aliphatic carbocycles. The lowest BCUT2D eigenvalue weighted by molar-refractivity contribution is -0.893. The summed E-state index contributed by atoms with van der Waals surface area (Å²) in [6.07, 6.45) is 0.890. The van der Waals surface area contributed by atoms with E-state index in [0.717, 1.165) is 36.1 Å². The van der Waals surface area contributed by atoms with E-state index in [-0.39, 0.29) is 5.91 Å². The van der Waals surface area contributed by atoms with E-state index in [1.54, 1.807) is 26.4 Å². The Morgan fingerprint density at radius 2 is 1.72 bits per heavy atom. The van der Waals surface area contributed by atoms with Gasteiger partial charge in [0, 0.05) is 30.0 Å². The van der Waals surface area contributed by atoms with Crippen molar-refractivity contribution in [3.63, 3.8) is 0 Å². The SMILES string of the molecule is COc1ccc(Nc2cc(C(=O)NCCC[NH+](C)Cc3ccccc3)c3ccccc3n2)c(OC)c1. The molecule has 1 aromatic heterocycles. The number of hydrogen-bond donors (Lipinski definition) is 3. The van der Waals surface area contributed by atoms with Gasteiger partial charge < -0.3 is 25.0 Å². The summed E-state index contributed by atoms with van der Waals surface area (Å²) in [5.41, 5.74) is 3.38. The summed E-state index contributed by atoms with van der Waals surface area (Å²) in [5, 5.41) is 7.20. The molecule has 1 heterocycles. The van der Waals surface area contributed by atoms with Gasteiger partial charge in [0.2, 0.25) is 0 Å². The number of rotatable bonds is 11. The van der Waals surface area contributed by atoms with Gasteiger partial charge in [-0.3, -0.25) is 4.79 Å². The number of anilines is 2. The van der Waals surface area contributed by atoms with Crippen molar-refractivity contribution in [2.75, 3.05) is 39.7 Å². The number of quaternary nitrogens is 1. The van der Waals surface area contributed by atoms with Gasteiger partial charge >= 0.3 is 0 Å². The predicted molar refractivity (Wildman–Crippen MR) is 143 cm³/mol. The van der Waals surface area contributed by atoms with Crippen LogP contribution in [-0.4, -0.2) is 45.2 Å². The van der Waals surface area contributed by atoms with Crippen LogP contribution in [0.5, 0.6) is 11.5 Å². The zero-order valence-electron chi connectivity index (χ0n) is 21.0. The molecule has 7 nitrogen and oxygen atoms in total. The minimum atomic E-state index is -0.112. The highest BCUT2D eigenvalue weighted by Crippen LogP contribution is 2.32. The summed E-state index contributed by atoms with van der Waals surface area (Å²) >= 11 is 0. The molecule has 0 spiro atoms. The van der Waals surface area contributed by atoms with E-state index in [4.69, 9.17) is 14.5 Å². The number of benzene rings is 3. The largest absolute Gasteiger partial charge is 0.497 e. The molecule has 0 saturated heterocycles. The zero-order valence-corrected chi connectivity index (χ0v) is 21.0. The molecule has 0 aliphatic rings. The normalized spacial score (nSPS) is 11.6. The summed E-state index contributed by atoms with van der Waals surface area (Å²) < 4.78 is 10.8. The Balaban J connectivity index is 1.44. The van der Waals surface area contributed by atoms with Crippen LogP contribution in [0.3, 0.4) is 0 Å². The van der Waals surface area contributed by atoms with Gasteiger partial charge in [0.25, 0.3) is 5.91 Å². The number of hydrogen-bond acceptors (Lipinski definition) is 5. The van der Waals surface area contributed by atoms with Crippen LogP contribution in [0, 0.1) is 0 Å². The third-order valence-corrected chi connectivity index (χ3v) is 6.05. The number of ether oxygens (including phenoxy) is 2. The summed E-state index contributed by atoms with van der Waals surface area (Å²) in [6, 6.07) is 25.4. The minimum Gasteiger partial charge on any atom is -0.497 e. The summed E-state index contributed by atoms with van der Waals surface area (Å²) in [7, 11) is 5.39. The lowest BCUT2D eigenvalue weighted by Gasteiger charge is -2.15. The molecule has 1 atom stereocenters. The maximum atomic E-state index is 13.2. The second kappa shape index (κ2) is 12.0. The smallest absolute Gasteiger partial charge is 0.252 e. The number of carbonyl (C=O) groups excluding carboxylic acids is 1. The molecule has 0 saturated carbocycles. The first-order valence-corrected chi connectivity index (χ1v) is 12.1. The minimum absolute atomic E-state index is 0.112. The third kappa shape index (κ3) is 6.31. The van der Waals surface area contributed by atoms with E-state index in [0.29, 0.717) is 29.4 Å². The van der Waals surface area contributed by atoms with Gasteiger partial charge in [-0.05, 0) is 24.3 Å². The second-order valence-electron chi connectivity index (χ2n) is 8.74. The van der Waals surface area contributed by atoms with Crippen LogP contribution in [-0.2, 0) is 6.54 Å². The molecule has 3 N–H and O–H groups in total. The van der Waals surface area contributed by atoms with Crippen molar-refractivity contribution in [2.24, 2.45) is 0 Å². The molecule has 1 amide bonds. The van der Waals surface area contributed by atoms with Crippen molar-refractivity contribution in [1.82, 2.24) is 10.3 Å². The van der Waals surface area contributed by atoms with Gasteiger partial charge in [-0.25, -0.2) is 4.98 Å². The molecule has 0 aliphatic heterocycles. The lowest BCUT2D eigenvalue weighted by atomic mass is 10.1. The number of amides is 1. The number of nitrogens with one attached hydrogen (secondary N) is 3. The maximum absolute atomic E-state index is 13.2. The van der Waals surface area contributed by atoms with Crippen LogP contribution in [0.1, 0.15) is 22.3 Å². The van der Waals surface area contributed by atoms with E-state index >= 15 is 0 Å². The number of pyridine rings is 1. The summed E-state index contributed by atoms with van der Waals surface area (Å²) in [5.74, 6) is 1.77. The molecule has 4 rings (SSSR count). The number of carbonyl (C=O) groups is 1. The van der Waals surface area contributed by atoms with Crippen LogP contribution in [0.2, 0.25) is 0 Å². The van der Waals surface area contributed by atoms with Crippen molar-refractivity contribution in [3.8, 4) is 11.5 Å². The molecule has 0 fully saturated rings. The van der Waals surface area contributed by atoms with E-state index < -0.39 is 0 Å². The van der Waals surface area contributed by atoms with Crippen molar-refractivity contribution in [1.29, 1.82) is 0 Å². The molecule has 0 bridgehead atoms. The summed E-state index contributed by atoms with van der Waals surface area (Å²) in [4.78, 5) is 19.3. The highest BCUT2D eigenvalue weighted by molar-refractivity contribution is 6.07. The van der Waals surface area contributed by atoms with Crippen molar-refractivity contribution >= 4 is 28.3 Å². The standard InChI is InChI=1S/C29H32N4O3/c1-33(20-21-10-5-4-6-11-21)17-9-16-30-29(34)24-19-28(31-25-13-8-7-12-23(24)25)32-26-15-14-22(35-2)18-27(26)36-3/h4-8,10-15,18-19H,9,16-17,20H2,1-3H3,(H,30,34)(H,31,32)/p+1. The molecule has 1 unspecified atom stereocenters. The Morgan fingerprint density at radius 1 is 0.944 bits per heavy atom. The predicted octanol–water partition coefficient (Wildman–Crippen LogP) is 3.83. The van der Waals surface area contributed by atoms with E-state index in [9.17, 15) is 4.79 Å². The zero-order chi connectivity index (χ0) is 25.3. The van der Waals surface area contributed by atoms with Gasteiger partial charge in [-0.2, -0.15) is 0 Å². The molecule has 4 aromatic rings. The van der Waals surface area contributed by atoms with Crippen LogP contribution >= 0.6 is 0 Å². The Kier molecular flexibility index (Phi) is 8.36. The Hall–Kier alpha value is -4.10. The average molecular weight is 486 g/mol. The number of para-hydroxylation sites is 1. The fourth-order valence-electron chi connectivity index (χ4n) is 4.19. The van der Waals surface area contributed by atoms with E-state index in [2.05, 4.69) is 41.9 Å². The average Bonchev–Trinajstić information content (AvgIpc) is 2.91. The van der Waals surface area contributed by atoms with Crippen molar-refractivity contribution < 1.29 is 19.2 Å². The fourth-order valence-corrected chi connectivity index (χ4v) is 4.19. The van der Waals surface area contributed by atoms with Crippen molar-refractivity contribution in [2.45, 2.75) is 13.0 Å². The topological polar surface area (TPSA) is 76.9 Å². The highest BCUT2D eigenvalue weighted by Gasteiger charge is 2.15. The molecular weight excluding hydrogens is 452 g/mol. The Morgan fingerprint density at radius 3 is 2.50 bits per heavy atom. The third-order valence-electron chi connectivity index (χ3n) is 6.05. The van der Waals surface area contributed by atoms with E-state index in [1.807, 2.05) is 42.5 Å². The lowest BCUT2D eigenvalue weighted by Crippen LogP contribution is -3.07. The van der Waals surface area contributed by atoms with Gasteiger partial charge in [0.1, 0.15) is 23.9 Å². The first-order valence-electron chi connectivity index (χ1n) is 12.1. The molecule has 7 heteroatoms. The second-order valence-corrected chi connectivity index (χ2v) is 8.74. The molecule has 0 radical (unpaired) electrons. The summed E-state index contributed by atoms with van der Waals surface area (Å²) in [6.45, 7) is 2.54. The van der Waals surface area contributed by atoms with E-state index in [1.165, 1.54) is 10.5 Å². The maximum Gasteiger partial charge on any atom is 0.252 e. The highest BCUT2D eigenvalue weighted by atomic mass is 16.5. The fraction of sp³-hybridized carbons (Fsp3) is 0.241. The Labute approximate surface area is 212 Å². The monoisotopic (exact) mass is 485 g/mol. The number of fused-ring (bicyclic) bond motifs is 1. The van der Waals surface area contributed by atoms with Crippen molar-refractivity contribution in [3.05, 3.63) is 90.0 Å². The Bertz CT molecular complexity index is 1310. The van der Waals surface area contributed by atoms with Gasteiger partial charge in [0.15, 0.2) is 0 Å². The molecule has 186 valence electrons. The van der Waals surface area contributed by atoms with Crippen LogP contribution < -0.4 is 25.0 Å². The number of methoxy groups -OCH3 is 2. The van der Waals surface area contributed by atoms with Gasteiger partial charge in [-0.1, -0.05) is 48.5 Å². The van der Waals surface area contributed by atoms with Crippen LogP contribution in [0.4, 0.5) is 11.5 Å². The molecule has 3 aromatic carbocycles. The molecular formula is C29H33N4O3+. The van der Waals surface area contributed by atoms with Crippen LogP contribution in [0.25, 0.3) is 10.9 Å². The van der Waals surface area contributed by atoms with Gasteiger partial charge in [0.05, 0.1) is 44.6 Å². The molecule has 36 heavy (non-hydrogen) atoms. The number of nitrogens with zero attached hydrogens (tertiary/aromatic N) is 1. The quantitative estimate of drug-likeness (QED) is 0.282.